The minimum atomic E-state index is -0.396. The molecule has 0 bridgehead atoms. The quantitative estimate of drug-likeness (QED) is 0.452. The molecule has 1 saturated heterocycles. The Morgan fingerprint density at radius 1 is 1.00 bits per heavy atom. The molecule has 1 fully saturated rings. The fourth-order valence-corrected chi connectivity index (χ4v) is 4.42. The van der Waals surface area contributed by atoms with Crippen LogP contribution in [0.5, 0.6) is 5.75 Å². The van der Waals surface area contributed by atoms with E-state index in [1.54, 1.807) is 29.2 Å². The lowest BCUT2D eigenvalue weighted by Gasteiger charge is -2.17. The van der Waals surface area contributed by atoms with Crippen molar-refractivity contribution in [2.75, 3.05) is 23.4 Å². The Labute approximate surface area is 217 Å². The van der Waals surface area contributed by atoms with Crippen LogP contribution < -0.4 is 20.3 Å². The standard InChI is InChI=1S/C30H33N3O4/c1-4-23-7-5-6-21(3)29(23)32-27(34)19-37-26-14-12-25(13-15-26)33-18-24(16-28(33)35)30(36)31-17-22-10-8-20(2)9-11-22/h5-15,24H,4,16-19H2,1-3H3,(H,31,36)(H,32,34). The summed E-state index contributed by atoms with van der Waals surface area (Å²) in [5.74, 6) is -0.316. The highest BCUT2D eigenvalue weighted by atomic mass is 16.5. The van der Waals surface area contributed by atoms with Gasteiger partial charge in [0, 0.05) is 30.9 Å². The fraction of sp³-hybridized carbons (Fsp3) is 0.300. The van der Waals surface area contributed by atoms with Crippen LogP contribution >= 0.6 is 0 Å². The first-order chi connectivity index (χ1) is 17.8. The van der Waals surface area contributed by atoms with Crippen LogP contribution in [-0.2, 0) is 27.3 Å². The van der Waals surface area contributed by atoms with E-state index in [0.717, 1.165) is 28.8 Å². The summed E-state index contributed by atoms with van der Waals surface area (Å²) < 4.78 is 5.66. The van der Waals surface area contributed by atoms with Crippen LogP contribution in [0.3, 0.4) is 0 Å². The number of carbonyl (C=O) groups is 3. The van der Waals surface area contributed by atoms with Crippen LogP contribution in [0.1, 0.15) is 35.6 Å². The van der Waals surface area contributed by atoms with Gasteiger partial charge in [-0.3, -0.25) is 14.4 Å². The summed E-state index contributed by atoms with van der Waals surface area (Å²) in [7, 11) is 0. The molecule has 37 heavy (non-hydrogen) atoms. The van der Waals surface area contributed by atoms with E-state index in [1.165, 1.54) is 5.56 Å². The van der Waals surface area contributed by atoms with Crippen LogP contribution in [0.15, 0.2) is 66.7 Å². The van der Waals surface area contributed by atoms with E-state index in [-0.39, 0.29) is 30.7 Å². The van der Waals surface area contributed by atoms with Gasteiger partial charge in [-0.2, -0.15) is 0 Å². The van der Waals surface area contributed by atoms with Gasteiger partial charge < -0.3 is 20.3 Å². The van der Waals surface area contributed by atoms with Gasteiger partial charge in [0.2, 0.25) is 11.8 Å². The predicted molar refractivity (Wildman–Crippen MR) is 145 cm³/mol. The molecule has 0 radical (unpaired) electrons. The first kappa shape index (κ1) is 25.9. The maximum atomic E-state index is 12.7. The largest absolute Gasteiger partial charge is 0.484 e. The summed E-state index contributed by atoms with van der Waals surface area (Å²) in [5, 5.41) is 5.89. The molecule has 1 aliphatic rings. The summed E-state index contributed by atoms with van der Waals surface area (Å²) in [5.41, 5.74) is 5.81. The molecule has 7 nitrogen and oxygen atoms in total. The van der Waals surface area contributed by atoms with Gasteiger partial charge in [-0.25, -0.2) is 0 Å². The van der Waals surface area contributed by atoms with Gasteiger partial charge in [0.15, 0.2) is 6.61 Å². The molecule has 1 aliphatic heterocycles. The number of rotatable bonds is 9. The summed E-state index contributed by atoms with van der Waals surface area (Å²) in [6.45, 7) is 6.68. The zero-order chi connectivity index (χ0) is 26.4. The highest BCUT2D eigenvalue weighted by Crippen LogP contribution is 2.27. The Bertz CT molecular complexity index is 1270. The van der Waals surface area contributed by atoms with Crippen molar-refractivity contribution in [3.63, 3.8) is 0 Å². The van der Waals surface area contributed by atoms with Gasteiger partial charge in [0.1, 0.15) is 5.75 Å². The SMILES string of the molecule is CCc1cccc(C)c1NC(=O)COc1ccc(N2CC(C(=O)NCc3ccc(C)cc3)CC2=O)cc1. The smallest absolute Gasteiger partial charge is 0.262 e. The molecule has 0 spiro atoms. The second kappa shape index (κ2) is 11.7. The average molecular weight is 500 g/mol. The number of aryl methyl sites for hydroxylation is 3. The monoisotopic (exact) mass is 499 g/mol. The normalized spacial score (nSPS) is 14.9. The molecule has 0 aromatic heterocycles. The maximum absolute atomic E-state index is 12.7. The Hall–Kier alpha value is -4.13. The second-order valence-electron chi connectivity index (χ2n) is 9.40. The Morgan fingerprint density at radius 3 is 2.43 bits per heavy atom. The van der Waals surface area contributed by atoms with E-state index in [1.807, 2.05) is 63.2 Å². The summed E-state index contributed by atoms with van der Waals surface area (Å²) >= 11 is 0. The van der Waals surface area contributed by atoms with Crippen molar-refractivity contribution in [2.24, 2.45) is 5.92 Å². The van der Waals surface area contributed by atoms with E-state index < -0.39 is 5.92 Å². The van der Waals surface area contributed by atoms with Gasteiger partial charge in [0.05, 0.1) is 5.92 Å². The van der Waals surface area contributed by atoms with Gasteiger partial charge in [-0.15, -0.1) is 0 Å². The lowest BCUT2D eigenvalue weighted by Crippen LogP contribution is -2.32. The van der Waals surface area contributed by atoms with Crippen LogP contribution in [-0.4, -0.2) is 30.9 Å². The summed E-state index contributed by atoms with van der Waals surface area (Å²) in [6.07, 6.45) is 1.00. The molecule has 1 atom stereocenters. The van der Waals surface area contributed by atoms with E-state index in [0.29, 0.717) is 24.5 Å². The first-order valence-corrected chi connectivity index (χ1v) is 12.6. The van der Waals surface area contributed by atoms with E-state index in [9.17, 15) is 14.4 Å². The molecular weight excluding hydrogens is 466 g/mol. The molecule has 3 aromatic carbocycles. The molecular formula is C30H33N3O4. The Balaban J connectivity index is 1.28. The Kier molecular flexibility index (Phi) is 8.23. The molecule has 0 aliphatic carbocycles. The van der Waals surface area contributed by atoms with Crippen LogP contribution in [0.2, 0.25) is 0 Å². The number of benzene rings is 3. The minimum Gasteiger partial charge on any atom is -0.484 e. The third-order valence-corrected chi connectivity index (χ3v) is 6.61. The van der Waals surface area contributed by atoms with Gasteiger partial charge in [-0.1, -0.05) is 55.0 Å². The van der Waals surface area contributed by atoms with Gasteiger partial charge in [-0.05, 0) is 61.2 Å². The topological polar surface area (TPSA) is 87.7 Å². The molecule has 0 saturated carbocycles. The zero-order valence-electron chi connectivity index (χ0n) is 21.5. The fourth-order valence-electron chi connectivity index (χ4n) is 4.42. The number of carbonyl (C=O) groups excluding carboxylic acids is 3. The predicted octanol–water partition coefficient (Wildman–Crippen LogP) is 4.55. The number of hydrogen-bond donors (Lipinski definition) is 2. The molecule has 1 unspecified atom stereocenters. The molecule has 2 N–H and O–H groups in total. The number of amides is 3. The lowest BCUT2D eigenvalue weighted by molar-refractivity contribution is -0.126. The van der Waals surface area contributed by atoms with Crippen molar-refractivity contribution in [3.8, 4) is 5.75 Å². The van der Waals surface area contributed by atoms with Crippen molar-refractivity contribution >= 4 is 29.1 Å². The number of ether oxygens (including phenoxy) is 1. The number of nitrogens with zero attached hydrogens (tertiary/aromatic N) is 1. The van der Waals surface area contributed by atoms with E-state index in [4.69, 9.17) is 4.74 Å². The lowest BCUT2D eigenvalue weighted by atomic mass is 10.1. The molecule has 7 heteroatoms. The highest BCUT2D eigenvalue weighted by Gasteiger charge is 2.35. The van der Waals surface area contributed by atoms with Crippen LogP contribution in [0.25, 0.3) is 0 Å². The summed E-state index contributed by atoms with van der Waals surface area (Å²) in [6, 6.07) is 20.9. The third kappa shape index (κ3) is 6.55. The molecule has 3 amide bonds. The molecule has 192 valence electrons. The number of nitrogens with one attached hydrogen (secondary N) is 2. The number of anilines is 2. The first-order valence-electron chi connectivity index (χ1n) is 12.6. The van der Waals surface area contributed by atoms with Crippen LogP contribution in [0, 0.1) is 19.8 Å². The second-order valence-corrected chi connectivity index (χ2v) is 9.40. The van der Waals surface area contributed by atoms with Crippen molar-refractivity contribution in [1.82, 2.24) is 5.32 Å². The molecule has 3 aromatic rings. The zero-order valence-corrected chi connectivity index (χ0v) is 21.5. The van der Waals surface area contributed by atoms with Crippen molar-refractivity contribution in [3.05, 3.63) is 89.0 Å². The maximum Gasteiger partial charge on any atom is 0.262 e. The van der Waals surface area contributed by atoms with E-state index >= 15 is 0 Å². The van der Waals surface area contributed by atoms with Gasteiger partial charge in [0.25, 0.3) is 5.91 Å². The van der Waals surface area contributed by atoms with Crippen molar-refractivity contribution < 1.29 is 19.1 Å². The van der Waals surface area contributed by atoms with Crippen molar-refractivity contribution in [1.29, 1.82) is 0 Å². The average Bonchev–Trinajstić information content (AvgIpc) is 3.30. The Morgan fingerprint density at radius 2 is 1.73 bits per heavy atom. The number of para-hydroxylation sites is 1. The molecule has 1 heterocycles. The van der Waals surface area contributed by atoms with E-state index in [2.05, 4.69) is 10.6 Å². The van der Waals surface area contributed by atoms with Crippen molar-refractivity contribution in [2.45, 2.75) is 40.2 Å². The third-order valence-electron chi connectivity index (χ3n) is 6.61. The van der Waals surface area contributed by atoms with Crippen LogP contribution in [0.4, 0.5) is 11.4 Å². The van der Waals surface area contributed by atoms with Gasteiger partial charge >= 0.3 is 0 Å². The summed E-state index contributed by atoms with van der Waals surface area (Å²) in [4.78, 5) is 39.4. The number of hydrogen-bond acceptors (Lipinski definition) is 4. The minimum absolute atomic E-state index is 0.0894. The highest BCUT2D eigenvalue weighted by molar-refractivity contribution is 6.00. The molecule has 4 rings (SSSR count).